The lowest BCUT2D eigenvalue weighted by Gasteiger charge is -2.20. The molecule has 0 aliphatic heterocycles. The van der Waals surface area contributed by atoms with Crippen LogP contribution in [0.15, 0.2) is 94.7 Å². The lowest BCUT2D eigenvalue weighted by atomic mass is 9.91. The SMILES string of the molecule is C=NC1=C(N=C(CCc2ccccc2)CNC(=C)Cc2ccc(F)c(F)c2)c2ccc(C)cc2CC1. The van der Waals surface area contributed by atoms with E-state index in [1.165, 1.54) is 22.8 Å². The van der Waals surface area contributed by atoms with E-state index in [0.29, 0.717) is 24.2 Å². The van der Waals surface area contributed by atoms with Gasteiger partial charge in [0.1, 0.15) is 0 Å². The number of nitrogens with zero attached hydrogens (tertiary/aromatic N) is 2. The van der Waals surface area contributed by atoms with E-state index in [9.17, 15) is 8.78 Å². The Bertz CT molecular complexity index is 1320. The van der Waals surface area contributed by atoms with Crippen molar-refractivity contribution in [2.45, 2.75) is 39.0 Å². The molecule has 184 valence electrons. The molecule has 0 spiro atoms. The van der Waals surface area contributed by atoms with Crippen molar-refractivity contribution in [1.82, 2.24) is 5.32 Å². The normalized spacial score (nSPS) is 13.4. The second-order valence-electron chi connectivity index (χ2n) is 9.16. The topological polar surface area (TPSA) is 36.8 Å². The first-order valence-electron chi connectivity index (χ1n) is 12.2. The van der Waals surface area contributed by atoms with Crippen LogP contribution in [0.2, 0.25) is 0 Å². The fraction of sp³-hybridized carbons (Fsp3) is 0.226. The molecule has 1 N–H and O–H groups in total. The standard InChI is InChI=1S/C31H31F2N3/c1-21-9-14-27-25(17-21)12-16-30(34-3)31(27)36-26(13-10-23-7-5-4-6-8-23)20-35-22(2)18-24-11-15-28(32)29(33)19-24/h4-9,11,14-15,17,19,35H,2-3,10,12-13,16,18,20H2,1H3. The number of rotatable bonds is 10. The first-order valence-corrected chi connectivity index (χ1v) is 12.2. The molecule has 0 radical (unpaired) electrons. The highest BCUT2D eigenvalue weighted by Crippen LogP contribution is 2.33. The smallest absolute Gasteiger partial charge is 0.159 e. The zero-order valence-electron chi connectivity index (χ0n) is 20.7. The van der Waals surface area contributed by atoms with Crippen molar-refractivity contribution in [2.24, 2.45) is 9.98 Å². The van der Waals surface area contributed by atoms with E-state index in [0.717, 1.165) is 54.4 Å². The molecule has 0 amide bonds. The molecule has 5 heteroatoms. The van der Waals surface area contributed by atoms with E-state index in [1.807, 2.05) is 18.2 Å². The molecular formula is C31H31F2N3. The predicted octanol–water partition coefficient (Wildman–Crippen LogP) is 7.01. The van der Waals surface area contributed by atoms with Crippen LogP contribution >= 0.6 is 0 Å². The first-order chi connectivity index (χ1) is 17.4. The highest BCUT2D eigenvalue weighted by atomic mass is 19.2. The van der Waals surface area contributed by atoms with Crippen LogP contribution < -0.4 is 5.32 Å². The van der Waals surface area contributed by atoms with Crippen LogP contribution in [0, 0.1) is 18.6 Å². The number of fused-ring (bicyclic) bond motifs is 1. The van der Waals surface area contributed by atoms with Crippen molar-refractivity contribution in [3.63, 3.8) is 0 Å². The van der Waals surface area contributed by atoms with Crippen LogP contribution in [-0.4, -0.2) is 19.0 Å². The van der Waals surface area contributed by atoms with Gasteiger partial charge in [0.25, 0.3) is 0 Å². The Morgan fingerprint density at radius 1 is 0.944 bits per heavy atom. The van der Waals surface area contributed by atoms with E-state index in [1.54, 1.807) is 6.07 Å². The van der Waals surface area contributed by atoms with Crippen LogP contribution in [0.1, 0.15) is 40.7 Å². The zero-order chi connectivity index (χ0) is 25.5. The van der Waals surface area contributed by atoms with Gasteiger partial charge in [-0.3, -0.25) is 9.98 Å². The maximum absolute atomic E-state index is 13.6. The second kappa shape index (κ2) is 11.7. The van der Waals surface area contributed by atoms with Crippen molar-refractivity contribution in [3.8, 4) is 0 Å². The molecule has 0 bridgehead atoms. The lowest BCUT2D eigenvalue weighted by molar-refractivity contribution is 0.507. The van der Waals surface area contributed by atoms with E-state index in [2.05, 4.69) is 60.9 Å². The second-order valence-corrected chi connectivity index (χ2v) is 9.16. The van der Waals surface area contributed by atoms with Gasteiger partial charge in [-0.2, -0.15) is 0 Å². The van der Waals surface area contributed by atoms with Crippen molar-refractivity contribution < 1.29 is 8.78 Å². The van der Waals surface area contributed by atoms with E-state index < -0.39 is 11.6 Å². The molecule has 0 saturated carbocycles. The predicted molar refractivity (Wildman–Crippen MR) is 145 cm³/mol. The summed E-state index contributed by atoms with van der Waals surface area (Å²) in [6.07, 6.45) is 3.73. The summed E-state index contributed by atoms with van der Waals surface area (Å²) in [5.74, 6) is -1.71. The van der Waals surface area contributed by atoms with Gasteiger partial charge >= 0.3 is 0 Å². The molecular weight excluding hydrogens is 452 g/mol. The number of hydrogen-bond donors (Lipinski definition) is 1. The zero-order valence-corrected chi connectivity index (χ0v) is 20.7. The molecule has 3 nitrogen and oxygen atoms in total. The van der Waals surface area contributed by atoms with Gasteiger partial charge in [0.05, 0.1) is 17.9 Å². The number of benzene rings is 3. The number of aliphatic imine (C=N–C) groups is 2. The minimum atomic E-state index is -0.854. The van der Waals surface area contributed by atoms with Crippen LogP contribution in [0.3, 0.4) is 0 Å². The van der Waals surface area contributed by atoms with Crippen LogP contribution in [0.4, 0.5) is 8.78 Å². The number of allylic oxidation sites excluding steroid dienone is 2. The Morgan fingerprint density at radius 2 is 1.75 bits per heavy atom. The molecule has 1 aliphatic rings. The van der Waals surface area contributed by atoms with Gasteiger partial charge in [-0.25, -0.2) is 8.78 Å². The maximum atomic E-state index is 13.6. The third-order valence-corrected chi connectivity index (χ3v) is 6.37. The van der Waals surface area contributed by atoms with Gasteiger partial charge in [-0.1, -0.05) is 66.7 Å². The monoisotopic (exact) mass is 483 g/mol. The van der Waals surface area contributed by atoms with Crippen LogP contribution in [0.5, 0.6) is 0 Å². The summed E-state index contributed by atoms with van der Waals surface area (Å²) in [5, 5.41) is 3.35. The summed E-state index contributed by atoms with van der Waals surface area (Å²) < 4.78 is 26.9. The molecule has 3 aromatic rings. The van der Waals surface area contributed by atoms with Crippen molar-refractivity contribution in [3.05, 3.63) is 124 Å². The summed E-state index contributed by atoms with van der Waals surface area (Å²) in [6.45, 7) is 10.5. The average Bonchev–Trinajstić information content (AvgIpc) is 2.88. The van der Waals surface area contributed by atoms with E-state index in [-0.39, 0.29) is 0 Å². The summed E-state index contributed by atoms with van der Waals surface area (Å²) in [6, 6.07) is 20.7. The summed E-state index contributed by atoms with van der Waals surface area (Å²) in [7, 11) is 0. The number of halogens is 2. The van der Waals surface area contributed by atoms with Gasteiger partial charge in [0, 0.05) is 23.4 Å². The minimum absolute atomic E-state index is 0.396. The maximum Gasteiger partial charge on any atom is 0.159 e. The molecule has 0 heterocycles. The lowest BCUT2D eigenvalue weighted by Crippen LogP contribution is -2.24. The highest BCUT2D eigenvalue weighted by molar-refractivity contribution is 5.93. The fourth-order valence-electron chi connectivity index (χ4n) is 4.43. The van der Waals surface area contributed by atoms with Crippen molar-refractivity contribution in [1.29, 1.82) is 0 Å². The number of hydrogen-bond acceptors (Lipinski definition) is 3. The molecule has 3 aromatic carbocycles. The molecule has 4 rings (SSSR count). The molecule has 1 aliphatic carbocycles. The molecule has 0 aromatic heterocycles. The van der Waals surface area contributed by atoms with Gasteiger partial charge in [0.2, 0.25) is 0 Å². The molecule has 0 unspecified atom stereocenters. The number of aryl methyl sites for hydroxylation is 3. The molecule has 0 saturated heterocycles. The Balaban J connectivity index is 1.57. The Morgan fingerprint density at radius 3 is 2.50 bits per heavy atom. The van der Waals surface area contributed by atoms with Crippen LogP contribution in [0.25, 0.3) is 5.70 Å². The van der Waals surface area contributed by atoms with Crippen molar-refractivity contribution in [2.75, 3.05) is 6.54 Å². The first kappa shape index (κ1) is 25.2. The van der Waals surface area contributed by atoms with Gasteiger partial charge in [-0.15, -0.1) is 0 Å². The third-order valence-electron chi connectivity index (χ3n) is 6.37. The summed E-state index contributed by atoms with van der Waals surface area (Å²) in [4.78, 5) is 9.43. The van der Waals surface area contributed by atoms with Crippen LogP contribution in [-0.2, 0) is 19.3 Å². The summed E-state index contributed by atoms with van der Waals surface area (Å²) in [5.41, 5.74) is 8.97. The van der Waals surface area contributed by atoms with E-state index in [4.69, 9.17) is 4.99 Å². The quantitative estimate of drug-likeness (QED) is 0.310. The van der Waals surface area contributed by atoms with E-state index >= 15 is 0 Å². The molecule has 0 fully saturated rings. The Hall–Kier alpha value is -3.86. The Kier molecular flexibility index (Phi) is 8.21. The molecule has 36 heavy (non-hydrogen) atoms. The largest absolute Gasteiger partial charge is 0.383 e. The van der Waals surface area contributed by atoms with Crippen molar-refractivity contribution >= 4 is 18.1 Å². The van der Waals surface area contributed by atoms with Gasteiger partial charge < -0.3 is 5.32 Å². The Labute approximate surface area is 212 Å². The van der Waals surface area contributed by atoms with Gasteiger partial charge in [0.15, 0.2) is 11.6 Å². The minimum Gasteiger partial charge on any atom is -0.383 e. The summed E-state index contributed by atoms with van der Waals surface area (Å²) >= 11 is 0. The average molecular weight is 484 g/mol. The molecule has 0 atom stereocenters. The van der Waals surface area contributed by atoms with Gasteiger partial charge in [-0.05, 0) is 68.1 Å². The highest BCUT2D eigenvalue weighted by Gasteiger charge is 2.19. The third kappa shape index (κ3) is 6.42. The fourth-order valence-corrected chi connectivity index (χ4v) is 4.43. The number of nitrogens with one attached hydrogen (secondary N) is 1.